The molecule has 27 heavy (non-hydrogen) atoms. The Morgan fingerprint density at radius 3 is 1.96 bits per heavy atom. The molecule has 0 spiro atoms. The number of carbonyl (C=O) groups is 4. The Hall–Kier alpha value is -3.48. The summed E-state index contributed by atoms with van der Waals surface area (Å²) >= 11 is 0. The summed E-state index contributed by atoms with van der Waals surface area (Å²) in [6, 6.07) is 11.7. The predicted molar refractivity (Wildman–Crippen MR) is 99.2 cm³/mol. The van der Waals surface area contributed by atoms with Crippen molar-refractivity contribution in [2.45, 2.75) is 19.9 Å². The Balaban J connectivity index is 1.94. The number of fused-ring (bicyclic) bond motifs is 1. The zero-order valence-electron chi connectivity index (χ0n) is 14.9. The Morgan fingerprint density at radius 2 is 1.44 bits per heavy atom. The number of imide groups is 1. The number of nitrogens with zero attached hydrogens (tertiary/aromatic N) is 1. The molecule has 0 unspecified atom stereocenters. The number of primary amides is 1. The van der Waals surface area contributed by atoms with Crippen LogP contribution in [0.25, 0.3) is 0 Å². The summed E-state index contributed by atoms with van der Waals surface area (Å²) in [6.07, 6.45) is 0. The van der Waals surface area contributed by atoms with Gasteiger partial charge in [0.05, 0.1) is 22.4 Å². The van der Waals surface area contributed by atoms with E-state index in [0.717, 1.165) is 4.90 Å². The van der Waals surface area contributed by atoms with E-state index in [1.165, 1.54) is 12.1 Å². The normalized spacial score (nSPS) is 14.3. The first-order chi connectivity index (χ1) is 12.8. The van der Waals surface area contributed by atoms with Crippen LogP contribution in [-0.2, 0) is 4.79 Å². The summed E-state index contributed by atoms with van der Waals surface area (Å²) in [5.41, 5.74) is 6.28. The van der Waals surface area contributed by atoms with Crippen LogP contribution in [-0.4, -0.2) is 34.6 Å². The number of nitrogens with one attached hydrogen (secondary N) is 1. The van der Waals surface area contributed by atoms with E-state index in [1.54, 1.807) is 50.2 Å². The van der Waals surface area contributed by atoms with Gasteiger partial charge in [-0.15, -0.1) is 0 Å². The number of para-hydroxylation sites is 1. The molecule has 2 aromatic carbocycles. The molecule has 0 aromatic heterocycles. The Morgan fingerprint density at radius 1 is 0.926 bits per heavy atom. The van der Waals surface area contributed by atoms with E-state index in [2.05, 4.69) is 5.32 Å². The second-order valence-electron chi connectivity index (χ2n) is 6.61. The average molecular weight is 365 g/mol. The molecule has 4 amide bonds. The van der Waals surface area contributed by atoms with E-state index in [1.807, 2.05) is 0 Å². The van der Waals surface area contributed by atoms with Crippen molar-refractivity contribution in [2.75, 3.05) is 5.32 Å². The van der Waals surface area contributed by atoms with Crippen LogP contribution in [0.15, 0.2) is 48.5 Å². The fraction of sp³-hybridized carbons (Fsp3) is 0.200. The molecule has 138 valence electrons. The second-order valence-corrected chi connectivity index (χ2v) is 6.61. The lowest BCUT2D eigenvalue weighted by molar-refractivity contribution is -0.121. The lowest BCUT2D eigenvalue weighted by Gasteiger charge is -2.28. The van der Waals surface area contributed by atoms with Crippen molar-refractivity contribution in [2.24, 2.45) is 11.7 Å². The summed E-state index contributed by atoms with van der Waals surface area (Å²) in [5.74, 6) is -2.60. The first-order valence-corrected chi connectivity index (χ1v) is 8.49. The van der Waals surface area contributed by atoms with Gasteiger partial charge in [0.1, 0.15) is 6.04 Å². The molecule has 0 radical (unpaired) electrons. The van der Waals surface area contributed by atoms with Crippen molar-refractivity contribution < 1.29 is 19.2 Å². The van der Waals surface area contributed by atoms with Gasteiger partial charge in [-0.1, -0.05) is 38.1 Å². The van der Waals surface area contributed by atoms with Crippen LogP contribution < -0.4 is 11.1 Å². The van der Waals surface area contributed by atoms with Crippen LogP contribution in [0.4, 0.5) is 5.69 Å². The van der Waals surface area contributed by atoms with Crippen LogP contribution >= 0.6 is 0 Å². The summed E-state index contributed by atoms with van der Waals surface area (Å²) in [7, 11) is 0. The molecule has 3 rings (SSSR count). The zero-order valence-corrected chi connectivity index (χ0v) is 14.9. The van der Waals surface area contributed by atoms with Crippen molar-refractivity contribution in [3.05, 3.63) is 65.2 Å². The lowest BCUT2D eigenvalue weighted by Crippen LogP contribution is -2.50. The molecule has 1 aliphatic rings. The highest BCUT2D eigenvalue weighted by Crippen LogP contribution is 2.28. The van der Waals surface area contributed by atoms with Gasteiger partial charge in [0.25, 0.3) is 17.7 Å². The van der Waals surface area contributed by atoms with E-state index in [4.69, 9.17) is 5.73 Å². The van der Waals surface area contributed by atoms with Gasteiger partial charge in [0.15, 0.2) is 0 Å². The Kier molecular flexibility index (Phi) is 4.77. The minimum atomic E-state index is -1.03. The number of amides is 4. The maximum absolute atomic E-state index is 12.9. The van der Waals surface area contributed by atoms with Crippen LogP contribution in [0.5, 0.6) is 0 Å². The molecule has 7 heteroatoms. The Labute approximate surface area is 156 Å². The van der Waals surface area contributed by atoms with Crippen molar-refractivity contribution in [3.8, 4) is 0 Å². The summed E-state index contributed by atoms with van der Waals surface area (Å²) < 4.78 is 0. The highest BCUT2D eigenvalue weighted by molar-refractivity contribution is 6.23. The van der Waals surface area contributed by atoms with E-state index in [9.17, 15) is 19.2 Å². The van der Waals surface area contributed by atoms with Crippen LogP contribution in [0.2, 0.25) is 0 Å². The molecule has 0 saturated heterocycles. The molecule has 7 nitrogen and oxygen atoms in total. The van der Waals surface area contributed by atoms with Crippen molar-refractivity contribution >= 4 is 29.3 Å². The average Bonchev–Trinajstić information content (AvgIpc) is 2.87. The minimum absolute atomic E-state index is 0.149. The van der Waals surface area contributed by atoms with Gasteiger partial charge < -0.3 is 11.1 Å². The molecular formula is C20H19N3O4. The van der Waals surface area contributed by atoms with E-state index in [-0.39, 0.29) is 28.3 Å². The number of rotatable bonds is 5. The van der Waals surface area contributed by atoms with Gasteiger partial charge >= 0.3 is 0 Å². The number of benzene rings is 2. The molecule has 1 aliphatic heterocycles. The van der Waals surface area contributed by atoms with Crippen LogP contribution in [0.3, 0.4) is 0 Å². The maximum Gasteiger partial charge on any atom is 0.262 e. The quantitative estimate of drug-likeness (QED) is 0.790. The van der Waals surface area contributed by atoms with Gasteiger partial charge in [-0.3, -0.25) is 24.1 Å². The molecule has 2 aromatic rings. The third-order valence-electron chi connectivity index (χ3n) is 4.45. The van der Waals surface area contributed by atoms with Crippen molar-refractivity contribution in [1.82, 2.24) is 4.90 Å². The molecule has 0 fully saturated rings. The van der Waals surface area contributed by atoms with Crippen LogP contribution in [0.1, 0.15) is 44.9 Å². The SMILES string of the molecule is CC(C)[C@@H](C(=O)Nc1ccccc1C(N)=O)N1C(=O)c2ccccc2C1=O. The standard InChI is InChI=1S/C20H19N3O4/c1-11(2)16(18(25)22-15-10-6-5-9-14(15)17(21)24)23-19(26)12-7-3-4-8-13(12)20(23)27/h3-11,16H,1-2H3,(H2,21,24)(H,22,25)/t16-/m0/s1. The number of nitrogens with two attached hydrogens (primary N) is 1. The molecule has 1 heterocycles. The largest absolute Gasteiger partial charge is 0.366 e. The molecule has 0 aliphatic carbocycles. The fourth-order valence-electron chi connectivity index (χ4n) is 3.19. The number of hydrogen-bond donors (Lipinski definition) is 2. The van der Waals surface area contributed by atoms with E-state index in [0.29, 0.717) is 0 Å². The summed E-state index contributed by atoms with van der Waals surface area (Å²) in [4.78, 5) is 51.0. The van der Waals surface area contributed by atoms with Crippen molar-refractivity contribution in [3.63, 3.8) is 0 Å². The topological polar surface area (TPSA) is 110 Å². The molecule has 1 atom stereocenters. The highest BCUT2D eigenvalue weighted by atomic mass is 16.2. The first kappa shape index (κ1) is 18.3. The zero-order chi connectivity index (χ0) is 19.7. The van der Waals surface area contributed by atoms with E-state index < -0.39 is 29.7 Å². The smallest absolute Gasteiger partial charge is 0.262 e. The van der Waals surface area contributed by atoms with Crippen molar-refractivity contribution in [1.29, 1.82) is 0 Å². The van der Waals surface area contributed by atoms with Gasteiger partial charge in [-0.2, -0.15) is 0 Å². The van der Waals surface area contributed by atoms with E-state index >= 15 is 0 Å². The molecule has 3 N–H and O–H groups in total. The maximum atomic E-state index is 12.9. The number of hydrogen-bond acceptors (Lipinski definition) is 4. The van der Waals surface area contributed by atoms with Gasteiger partial charge in [0.2, 0.25) is 5.91 Å². The summed E-state index contributed by atoms with van der Waals surface area (Å²) in [5, 5.41) is 2.63. The molecule has 0 bridgehead atoms. The minimum Gasteiger partial charge on any atom is -0.366 e. The third kappa shape index (κ3) is 3.19. The van der Waals surface area contributed by atoms with Gasteiger partial charge in [-0.25, -0.2) is 0 Å². The number of carbonyl (C=O) groups excluding carboxylic acids is 4. The van der Waals surface area contributed by atoms with Crippen LogP contribution in [0, 0.1) is 5.92 Å². The Bertz CT molecular complexity index is 917. The number of anilines is 1. The summed E-state index contributed by atoms with van der Waals surface area (Å²) in [6.45, 7) is 3.49. The monoisotopic (exact) mass is 365 g/mol. The highest BCUT2D eigenvalue weighted by Gasteiger charge is 2.44. The first-order valence-electron chi connectivity index (χ1n) is 8.49. The van der Waals surface area contributed by atoms with Gasteiger partial charge in [-0.05, 0) is 30.2 Å². The molecular weight excluding hydrogens is 346 g/mol. The fourth-order valence-corrected chi connectivity index (χ4v) is 3.19. The second kappa shape index (κ2) is 7.03. The third-order valence-corrected chi connectivity index (χ3v) is 4.45. The lowest BCUT2D eigenvalue weighted by atomic mass is 10.0. The predicted octanol–water partition coefficient (Wildman–Crippen LogP) is 2.04. The molecule has 0 saturated carbocycles. The van der Waals surface area contributed by atoms with Gasteiger partial charge in [0, 0.05) is 0 Å².